The fourth-order valence-corrected chi connectivity index (χ4v) is 6.00. The van der Waals surface area contributed by atoms with Crippen LogP contribution in [0, 0.1) is 13.8 Å². The van der Waals surface area contributed by atoms with Crippen LogP contribution in [0.4, 0.5) is 13.2 Å². The minimum Gasteiger partial charge on any atom is -0.492 e. The summed E-state index contributed by atoms with van der Waals surface area (Å²) in [5, 5.41) is 3.98. The van der Waals surface area contributed by atoms with Gasteiger partial charge in [0.05, 0.1) is 31.4 Å². The molecule has 0 bridgehead atoms. The lowest BCUT2D eigenvalue weighted by Gasteiger charge is -2.20. The van der Waals surface area contributed by atoms with Gasteiger partial charge in [-0.3, -0.25) is 4.79 Å². The Morgan fingerprint density at radius 1 is 1.00 bits per heavy atom. The van der Waals surface area contributed by atoms with Gasteiger partial charge in [0, 0.05) is 23.1 Å². The number of methoxy groups -OCH3 is 1. The zero-order valence-electron chi connectivity index (χ0n) is 22.8. The molecule has 0 saturated carbocycles. The van der Waals surface area contributed by atoms with Crippen LogP contribution in [-0.4, -0.2) is 24.8 Å². The highest BCUT2D eigenvalue weighted by molar-refractivity contribution is 5.77. The van der Waals surface area contributed by atoms with E-state index in [2.05, 4.69) is 5.16 Å². The lowest BCUT2D eigenvalue weighted by molar-refractivity contribution is -0.141. The Labute approximate surface area is 235 Å². The summed E-state index contributed by atoms with van der Waals surface area (Å²) in [5.74, 6) is 1.46. The van der Waals surface area contributed by atoms with Crippen molar-refractivity contribution < 1.29 is 36.7 Å². The SMILES string of the molecule is COC(=O)C[C@@H]1COc2cc(O[C@@H]3CCc4c3ccc(C(F)(F)F)c4-c3ccc(-c4c(C)noc4C)cc3)ccc21. The third-order valence-corrected chi connectivity index (χ3v) is 7.94. The molecular weight excluding hydrogens is 535 g/mol. The summed E-state index contributed by atoms with van der Waals surface area (Å²) in [5.41, 5.74) is 4.72. The monoisotopic (exact) mass is 563 g/mol. The second-order valence-electron chi connectivity index (χ2n) is 10.5. The van der Waals surface area contributed by atoms with Crippen molar-refractivity contribution >= 4 is 5.97 Å². The third-order valence-electron chi connectivity index (χ3n) is 7.94. The Bertz CT molecular complexity index is 1600. The van der Waals surface area contributed by atoms with E-state index in [9.17, 15) is 18.0 Å². The summed E-state index contributed by atoms with van der Waals surface area (Å²) in [4.78, 5) is 11.7. The van der Waals surface area contributed by atoms with Gasteiger partial charge in [-0.15, -0.1) is 0 Å². The van der Waals surface area contributed by atoms with E-state index in [-0.39, 0.29) is 23.9 Å². The van der Waals surface area contributed by atoms with Gasteiger partial charge in [0.2, 0.25) is 0 Å². The predicted molar refractivity (Wildman–Crippen MR) is 145 cm³/mol. The number of fused-ring (bicyclic) bond motifs is 2. The number of halogens is 3. The Morgan fingerprint density at radius 3 is 2.37 bits per heavy atom. The number of alkyl halides is 3. The number of hydrogen-bond acceptors (Lipinski definition) is 6. The van der Waals surface area contributed by atoms with Gasteiger partial charge in [0.1, 0.15) is 23.4 Å². The Balaban J connectivity index is 1.31. The summed E-state index contributed by atoms with van der Waals surface area (Å²) < 4.78 is 64.8. The van der Waals surface area contributed by atoms with Gasteiger partial charge in [-0.05, 0) is 66.6 Å². The third kappa shape index (κ3) is 4.94. The molecule has 1 aromatic heterocycles. The zero-order chi connectivity index (χ0) is 28.9. The molecule has 2 atom stereocenters. The van der Waals surface area contributed by atoms with Crippen molar-refractivity contribution in [3.63, 3.8) is 0 Å². The number of esters is 1. The van der Waals surface area contributed by atoms with Gasteiger partial charge in [-0.25, -0.2) is 0 Å². The summed E-state index contributed by atoms with van der Waals surface area (Å²) in [7, 11) is 1.36. The molecule has 0 unspecified atom stereocenters. The first kappa shape index (κ1) is 26.9. The smallest absolute Gasteiger partial charge is 0.417 e. The topological polar surface area (TPSA) is 70.8 Å². The Kier molecular flexibility index (Phi) is 6.76. The molecule has 6 rings (SSSR count). The molecule has 6 nitrogen and oxygen atoms in total. The number of rotatable bonds is 6. The van der Waals surface area contributed by atoms with Gasteiger partial charge in [0.25, 0.3) is 0 Å². The molecule has 1 aliphatic heterocycles. The highest BCUT2D eigenvalue weighted by atomic mass is 19.4. The number of nitrogens with zero attached hydrogens (tertiary/aromatic N) is 1. The van der Waals surface area contributed by atoms with Gasteiger partial charge >= 0.3 is 12.1 Å². The van der Waals surface area contributed by atoms with Crippen LogP contribution >= 0.6 is 0 Å². The van der Waals surface area contributed by atoms with Crippen LogP contribution in [0.25, 0.3) is 22.3 Å². The second kappa shape index (κ2) is 10.3. The largest absolute Gasteiger partial charge is 0.492 e. The van der Waals surface area contributed by atoms with Crippen LogP contribution in [0.2, 0.25) is 0 Å². The van der Waals surface area contributed by atoms with Crippen LogP contribution in [0.5, 0.6) is 11.5 Å². The first-order valence-corrected chi connectivity index (χ1v) is 13.4. The average molecular weight is 564 g/mol. The van der Waals surface area contributed by atoms with Gasteiger partial charge < -0.3 is 18.7 Å². The van der Waals surface area contributed by atoms with E-state index in [4.69, 9.17) is 18.7 Å². The maximum Gasteiger partial charge on any atom is 0.417 e. The number of aryl methyl sites for hydroxylation is 2. The summed E-state index contributed by atoms with van der Waals surface area (Å²) in [6, 6.07) is 15.2. The van der Waals surface area contributed by atoms with Crippen molar-refractivity contribution in [1.29, 1.82) is 0 Å². The van der Waals surface area contributed by atoms with Crippen molar-refractivity contribution in [1.82, 2.24) is 5.16 Å². The molecule has 9 heteroatoms. The van der Waals surface area contributed by atoms with E-state index in [0.29, 0.717) is 47.8 Å². The zero-order valence-corrected chi connectivity index (χ0v) is 22.8. The minimum atomic E-state index is -4.51. The average Bonchev–Trinajstić information content (AvgIpc) is 3.64. The van der Waals surface area contributed by atoms with Crippen LogP contribution < -0.4 is 9.47 Å². The molecular formula is C32H28F3NO5. The van der Waals surface area contributed by atoms with Gasteiger partial charge in [-0.1, -0.05) is 41.6 Å². The highest BCUT2D eigenvalue weighted by Crippen LogP contribution is 2.47. The molecule has 0 spiro atoms. The van der Waals surface area contributed by atoms with Crippen molar-refractivity contribution in [3.05, 3.63) is 88.3 Å². The number of aromatic nitrogens is 1. The Hall–Kier alpha value is -4.27. The normalized spacial score (nSPS) is 17.6. The van der Waals surface area contributed by atoms with E-state index in [1.807, 2.05) is 38.1 Å². The van der Waals surface area contributed by atoms with Crippen molar-refractivity contribution in [3.8, 4) is 33.8 Å². The van der Waals surface area contributed by atoms with E-state index < -0.39 is 17.8 Å². The molecule has 0 amide bonds. The lowest BCUT2D eigenvalue weighted by atomic mass is 9.90. The number of carbonyl (C=O) groups is 1. The van der Waals surface area contributed by atoms with Crippen molar-refractivity contribution in [2.45, 2.75) is 51.3 Å². The molecule has 0 saturated heterocycles. The van der Waals surface area contributed by atoms with E-state index in [1.54, 1.807) is 18.2 Å². The summed E-state index contributed by atoms with van der Waals surface area (Å²) in [6.07, 6.45) is -3.69. The predicted octanol–water partition coefficient (Wildman–Crippen LogP) is 7.75. The number of benzene rings is 3. The van der Waals surface area contributed by atoms with Crippen LogP contribution in [0.3, 0.4) is 0 Å². The standard InChI is InChI=1S/C32H28F3NO5/c1-17-30(18(2)41-36-17)19-4-6-20(7-5-19)31-25-11-13-27(24(25)10-12-26(31)32(33,34)35)40-22-8-9-23-21(14-29(37)38-3)16-39-28(23)15-22/h4-10,12,15,21,27H,11,13-14,16H2,1-3H3/t21-,27-/m1/s1. The van der Waals surface area contributed by atoms with Gasteiger partial charge in [0.15, 0.2) is 0 Å². The summed E-state index contributed by atoms with van der Waals surface area (Å²) in [6.45, 7) is 4.02. The van der Waals surface area contributed by atoms with Gasteiger partial charge in [-0.2, -0.15) is 13.2 Å². The minimum absolute atomic E-state index is 0.0916. The molecule has 212 valence electrons. The first-order valence-electron chi connectivity index (χ1n) is 13.4. The van der Waals surface area contributed by atoms with E-state index in [1.165, 1.54) is 13.2 Å². The van der Waals surface area contributed by atoms with Crippen molar-refractivity contribution in [2.24, 2.45) is 0 Å². The fourth-order valence-electron chi connectivity index (χ4n) is 6.00. The second-order valence-corrected chi connectivity index (χ2v) is 10.5. The highest BCUT2D eigenvalue weighted by Gasteiger charge is 2.38. The van der Waals surface area contributed by atoms with Crippen molar-refractivity contribution in [2.75, 3.05) is 13.7 Å². The number of ether oxygens (including phenoxy) is 3. The molecule has 1 aliphatic carbocycles. The molecule has 3 aromatic carbocycles. The molecule has 2 aliphatic rings. The molecule has 0 N–H and O–H groups in total. The molecule has 0 radical (unpaired) electrons. The molecule has 0 fully saturated rings. The van der Waals surface area contributed by atoms with E-state index >= 15 is 0 Å². The van der Waals surface area contributed by atoms with Crippen LogP contribution in [0.1, 0.15) is 58.6 Å². The molecule has 41 heavy (non-hydrogen) atoms. The molecule has 2 heterocycles. The maximum absolute atomic E-state index is 14.2. The maximum atomic E-state index is 14.2. The fraction of sp³-hybridized carbons (Fsp3) is 0.312. The van der Waals surface area contributed by atoms with E-state index in [0.717, 1.165) is 34.0 Å². The summed E-state index contributed by atoms with van der Waals surface area (Å²) >= 11 is 0. The number of hydrogen-bond donors (Lipinski definition) is 0. The van der Waals surface area contributed by atoms with Crippen LogP contribution in [0.15, 0.2) is 59.1 Å². The first-order chi connectivity index (χ1) is 19.6. The number of carbonyl (C=O) groups excluding carboxylic acids is 1. The lowest BCUT2D eigenvalue weighted by Crippen LogP contribution is -2.10. The Morgan fingerprint density at radius 2 is 1.71 bits per heavy atom. The quantitative estimate of drug-likeness (QED) is 0.224. The molecule has 4 aromatic rings. The van der Waals surface area contributed by atoms with Crippen LogP contribution in [-0.2, 0) is 22.1 Å².